The van der Waals surface area contributed by atoms with Crippen LogP contribution in [0.3, 0.4) is 0 Å². The van der Waals surface area contributed by atoms with E-state index in [1.165, 1.54) is 6.92 Å². The number of hydrogen-bond acceptors (Lipinski definition) is 3. The summed E-state index contributed by atoms with van der Waals surface area (Å²) in [5.41, 5.74) is 5.32. The maximum Gasteiger partial charge on any atom is 0.326 e. The quantitative estimate of drug-likeness (QED) is 0.582. The van der Waals surface area contributed by atoms with Gasteiger partial charge in [0, 0.05) is 0 Å². The molecule has 1 amide bonds. The number of carbonyl (C=O) groups is 2. The van der Waals surface area contributed by atoms with E-state index >= 15 is 0 Å². The Morgan fingerprint density at radius 1 is 1.43 bits per heavy atom. The Morgan fingerprint density at radius 2 is 1.93 bits per heavy atom. The molecule has 3 atom stereocenters. The molecule has 5 heteroatoms. The van der Waals surface area contributed by atoms with E-state index in [0.29, 0.717) is 6.42 Å². The van der Waals surface area contributed by atoms with Gasteiger partial charge in [0.2, 0.25) is 5.91 Å². The smallest absolute Gasteiger partial charge is 0.326 e. The van der Waals surface area contributed by atoms with Gasteiger partial charge in [0.1, 0.15) is 6.04 Å². The van der Waals surface area contributed by atoms with Gasteiger partial charge in [-0.3, -0.25) is 4.79 Å². The van der Waals surface area contributed by atoms with E-state index < -0.39 is 24.0 Å². The van der Waals surface area contributed by atoms with Crippen LogP contribution < -0.4 is 11.1 Å². The summed E-state index contributed by atoms with van der Waals surface area (Å²) < 4.78 is 0. The summed E-state index contributed by atoms with van der Waals surface area (Å²) >= 11 is 0. The van der Waals surface area contributed by atoms with Gasteiger partial charge >= 0.3 is 5.97 Å². The van der Waals surface area contributed by atoms with Gasteiger partial charge in [0.05, 0.1) is 6.04 Å². The second kappa shape index (κ2) is 5.59. The Bertz CT molecular complexity index is 216. The maximum atomic E-state index is 11.2. The normalized spacial score (nSPS) is 16.9. The van der Waals surface area contributed by atoms with Crippen molar-refractivity contribution in [3.63, 3.8) is 0 Å². The van der Waals surface area contributed by atoms with E-state index in [2.05, 4.69) is 5.32 Å². The van der Waals surface area contributed by atoms with Crippen LogP contribution in [0.5, 0.6) is 0 Å². The average Bonchev–Trinajstić information content (AvgIpc) is 2.11. The SMILES string of the molecule is CCC(C)C(NC(=O)[C@H](C)N)C(=O)O. The van der Waals surface area contributed by atoms with Crippen LogP contribution in [0.4, 0.5) is 0 Å². The van der Waals surface area contributed by atoms with E-state index in [1.807, 2.05) is 6.92 Å². The lowest BCUT2D eigenvalue weighted by molar-refractivity contribution is -0.143. The van der Waals surface area contributed by atoms with Gasteiger partial charge in [-0.25, -0.2) is 4.79 Å². The fourth-order valence-corrected chi connectivity index (χ4v) is 0.968. The lowest BCUT2D eigenvalue weighted by Crippen LogP contribution is -2.50. The predicted octanol–water partition coefficient (Wildman–Crippen LogP) is -0.0509. The summed E-state index contributed by atoms with van der Waals surface area (Å²) in [5.74, 6) is -1.55. The zero-order chi connectivity index (χ0) is 11.3. The van der Waals surface area contributed by atoms with E-state index in [0.717, 1.165) is 0 Å². The molecule has 0 bridgehead atoms. The third-order valence-corrected chi connectivity index (χ3v) is 2.19. The monoisotopic (exact) mass is 202 g/mol. The highest BCUT2D eigenvalue weighted by molar-refractivity contribution is 5.86. The van der Waals surface area contributed by atoms with Crippen molar-refractivity contribution in [3.05, 3.63) is 0 Å². The van der Waals surface area contributed by atoms with Gasteiger partial charge in [-0.2, -0.15) is 0 Å². The first-order valence-electron chi connectivity index (χ1n) is 4.68. The molecule has 14 heavy (non-hydrogen) atoms. The van der Waals surface area contributed by atoms with E-state index in [9.17, 15) is 9.59 Å². The Kier molecular flexibility index (Phi) is 5.15. The van der Waals surface area contributed by atoms with Crippen LogP contribution in [0.1, 0.15) is 27.2 Å². The second-order valence-corrected chi connectivity index (χ2v) is 3.50. The zero-order valence-corrected chi connectivity index (χ0v) is 8.78. The van der Waals surface area contributed by atoms with Gasteiger partial charge in [0.15, 0.2) is 0 Å². The molecule has 0 saturated heterocycles. The van der Waals surface area contributed by atoms with E-state index in [4.69, 9.17) is 10.8 Å². The van der Waals surface area contributed by atoms with Crippen LogP contribution in [-0.2, 0) is 9.59 Å². The predicted molar refractivity (Wildman–Crippen MR) is 52.7 cm³/mol. The topological polar surface area (TPSA) is 92.4 Å². The average molecular weight is 202 g/mol. The molecule has 2 unspecified atom stereocenters. The molecule has 0 saturated carbocycles. The third kappa shape index (κ3) is 3.74. The van der Waals surface area contributed by atoms with Crippen LogP contribution in [0.15, 0.2) is 0 Å². The molecule has 0 aliphatic carbocycles. The minimum atomic E-state index is -1.02. The minimum Gasteiger partial charge on any atom is -0.480 e. The highest BCUT2D eigenvalue weighted by Crippen LogP contribution is 2.07. The molecule has 0 aromatic carbocycles. The standard InChI is InChI=1S/C9H18N2O3/c1-4-5(2)7(9(13)14)11-8(12)6(3)10/h5-7H,4,10H2,1-3H3,(H,11,12)(H,13,14)/t5?,6-,7?/m0/s1. The molecule has 0 aromatic rings. The number of hydrogen-bond donors (Lipinski definition) is 3. The number of amides is 1. The molecule has 0 rings (SSSR count). The van der Waals surface area contributed by atoms with Gasteiger partial charge in [-0.05, 0) is 12.8 Å². The molecule has 4 N–H and O–H groups in total. The number of carbonyl (C=O) groups excluding carboxylic acids is 1. The van der Waals surface area contributed by atoms with Crippen molar-refractivity contribution in [2.24, 2.45) is 11.7 Å². The van der Waals surface area contributed by atoms with Gasteiger partial charge in [-0.1, -0.05) is 20.3 Å². The van der Waals surface area contributed by atoms with Crippen LogP contribution >= 0.6 is 0 Å². The van der Waals surface area contributed by atoms with Crippen molar-refractivity contribution in [2.45, 2.75) is 39.3 Å². The molecular weight excluding hydrogens is 184 g/mol. The summed E-state index contributed by atoms with van der Waals surface area (Å²) in [6.45, 7) is 5.17. The lowest BCUT2D eigenvalue weighted by Gasteiger charge is -2.20. The van der Waals surface area contributed by atoms with Crippen molar-refractivity contribution in [2.75, 3.05) is 0 Å². The van der Waals surface area contributed by atoms with Crippen LogP contribution in [0.25, 0.3) is 0 Å². The Morgan fingerprint density at radius 3 is 2.21 bits per heavy atom. The molecule has 82 valence electrons. The van der Waals surface area contributed by atoms with Crippen LogP contribution in [-0.4, -0.2) is 29.1 Å². The first kappa shape index (κ1) is 12.9. The summed E-state index contributed by atoms with van der Waals surface area (Å²) in [6.07, 6.45) is 0.691. The van der Waals surface area contributed by atoms with Crippen LogP contribution in [0.2, 0.25) is 0 Å². The molecular formula is C9H18N2O3. The zero-order valence-electron chi connectivity index (χ0n) is 8.78. The summed E-state index contributed by atoms with van der Waals surface area (Å²) in [7, 11) is 0. The Hall–Kier alpha value is -1.10. The van der Waals surface area contributed by atoms with Crippen molar-refractivity contribution < 1.29 is 14.7 Å². The number of carboxylic acid groups (broad SMARTS) is 1. The molecule has 0 heterocycles. The second-order valence-electron chi connectivity index (χ2n) is 3.50. The first-order valence-corrected chi connectivity index (χ1v) is 4.68. The Labute approximate surface area is 83.7 Å². The largest absolute Gasteiger partial charge is 0.480 e. The van der Waals surface area contributed by atoms with Gasteiger partial charge in [-0.15, -0.1) is 0 Å². The lowest BCUT2D eigenvalue weighted by atomic mass is 9.99. The summed E-state index contributed by atoms with van der Waals surface area (Å²) in [4.78, 5) is 22.0. The summed E-state index contributed by atoms with van der Waals surface area (Å²) in [6, 6.07) is -1.53. The number of rotatable bonds is 5. The minimum absolute atomic E-state index is 0.102. The Balaban J connectivity index is 4.38. The maximum absolute atomic E-state index is 11.2. The fourth-order valence-electron chi connectivity index (χ4n) is 0.968. The number of nitrogens with two attached hydrogens (primary N) is 1. The van der Waals surface area contributed by atoms with Gasteiger partial charge in [0.25, 0.3) is 0 Å². The molecule has 0 aliphatic heterocycles. The van der Waals surface area contributed by atoms with Crippen molar-refractivity contribution in [1.29, 1.82) is 0 Å². The summed E-state index contributed by atoms with van der Waals surface area (Å²) in [5, 5.41) is 11.3. The van der Waals surface area contributed by atoms with Crippen LogP contribution in [0, 0.1) is 5.92 Å². The highest BCUT2D eigenvalue weighted by Gasteiger charge is 2.25. The molecule has 0 spiro atoms. The van der Waals surface area contributed by atoms with Crippen molar-refractivity contribution in [1.82, 2.24) is 5.32 Å². The van der Waals surface area contributed by atoms with E-state index in [-0.39, 0.29) is 5.92 Å². The van der Waals surface area contributed by atoms with E-state index in [1.54, 1.807) is 6.92 Å². The molecule has 0 fully saturated rings. The fraction of sp³-hybridized carbons (Fsp3) is 0.778. The number of carboxylic acids is 1. The molecule has 0 radical (unpaired) electrons. The molecule has 5 nitrogen and oxygen atoms in total. The number of nitrogens with one attached hydrogen (secondary N) is 1. The van der Waals surface area contributed by atoms with Gasteiger partial charge < -0.3 is 16.2 Å². The first-order chi connectivity index (χ1) is 6.40. The molecule has 0 aromatic heterocycles. The van der Waals surface area contributed by atoms with Crippen molar-refractivity contribution in [3.8, 4) is 0 Å². The number of aliphatic carboxylic acids is 1. The van der Waals surface area contributed by atoms with Crippen molar-refractivity contribution >= 4 is 11.9 Å². The third-order valence-electron chi connectivity index (χ3n) is 2.19. The molecule has 0 aliphatic rings. The highest BCUT2D eigenvalue weighted by atomic mass is 16.4.